The highest BCUT2D eigenvalue weighted by Gasteiger charge is 2.30. The van der Waals surface area contributed by atoms with Gasteiger partial charge in [0, 0.05) is 18.5 Å². The first kappa shape index (κ1) is 26.9. The standard InChI is InChI=1S/C31H34N2O5/c1-20(2)27(30(36)33-22(17-29(34)35)16-21-10-4-3-5-11-21)18-32-31(37)38-19-28-25-14-8-6-12-23(25)24-13-7-9-15-26(24)28/h3-15,20,22,27-28H,16-19H2,1-2H3,(H,32,37)(H,33,36)(H,34,35)/t22-,27+/m0/s1. The van der Waals surface area contributed by atoms with Crippen molar-refractivity contribution in [3.05, 3.63) is 95.6 Å². The molecular formula is C31H34N2O5. The Morgan fingerprint density at radius 1 is 0.868 bits per heavy atom. The molecule has 198 valence electrons. The number of carboxylic acid groups (broad SMARTS) is 1. The van der Waals surface area contributed by atoms with E-state index < -0.39 is 24.0 Å². The van der Waals surface area contributed by atoms with Crippen LogP contribution < -0.4 is 10.6 Å². The van der Waals surface area contributed by atoms with E-state index in [1.165, 1.54) is 0 Å². The zero-order valence-corrected chi connectivity index (χ0v) is 21.7. The molecule has 3 aromatic carbocycles. The lowest BCUT2D eigenvalue weighted by Crippen LogP contribution is -2.46. The number of carboxylic acids is 1. The van der Waals surface area contributed by atoms with Gasteiger partial charge in [0.25, 0.3) is 0 Å². The number of amides is 2. The van der Waals surface area contributed by atoms with Gasteiger partial charge < -0.3 is 20.5 Å². The third kappa shape index (κ3) is 6.59. The molecule has 1 aliphatic carbocycles. The van der Waals surface area contributed by atoms with Gasteiger partial charge in [0.2, 0.25) is 5.91 Å². The fraction of sp³-hybridized carbons (Fsp3) is 0.323. The van der Waals surface area contributed by atoms with Crippen LogP contribution >= 0.6 is 0 Å². The Hall–Kier alpha value is -4.13. The third-order valence-electron chi connectivity index (χ3n) is 7.04. The van der Waals surface area contributed by atoms with Gasteiger partial charge in [-0.05, 0) is 40.2 Å². The molecule has 0 aromatic heterocycles. The lowest BCUT2D eigenvalue weighted by molar-refractivity contribution is -0.137. The second kappa shape index (κ2) is 12.4. The van der Waals surface area contributed by atoms with Crippen LogP contribution in [-0.4, -0.2) is 42.3 Å². The van der Waals surface area contributed by atoms with Gasteiger partial charge in [0.15, 0.2) is 0 Å². The summed E-state index contributed by atoms with van der Waals surface area (Å²) < 4.78 is 5.60. The second-order valence-corrected chi connectivity index (χ2v) is 10.1. The van der Waals surface area contributed by atoms with Gasteiger partial charge in [-0.15, -0.1) is 0 Å². The summed E-state index contributed by atoms with van der Waals surface area (Å²) in [6.07, 6.45) is -0.369. The van der Waals surface area contributed by atoms with E-state index in [4.69, 9.17) is 4.74 Å². The van der Waals surface area contributed by atoms with Gasteiger partial charge in [-0.25, -0.2) is 4.79 Å². The van der Waals surface area contributed by atoms with Crippen LogP contribution in [0.3, 0.4) is 0 Å². The Balaban J connectivity index is 1.34. The summed E-state index contributed by atoms with van der Waals surface area (Å²) in [5.74, 6) is -1.94. The maximum absolute atomic E-state index is 13.1. The summed E-state index contributed by atoms with van der Waals surface area (Å²) in [4.78, 5) is 37.2. The van der Waals surface area contributed by atoms with Crippen molar-refractivity contribution in [1.29, 1.82) is 0 Å². The maximum Gasteiger partial charge on any atom is 0.407 e. The summed E-state index contributed by atoms with van der Waals surface area (Å²) in [6.45, 7) is 4.07. The van der Waals surface area contributed by atoms with E-state index in [-0.39, 0.29) is 37.3 Å². The molecule has 0 saturated heterocycles. The quantitative estimate of drug-likeness (QED) is 0.334. The van der Waals surface area contributed by atoms with Crippen molar-refractivity contribution in [1.82, 2.24) is 10.6 Å². The highest BCUT2D eigenvalue weighted by atomic mass is 16.5. The molecule has 4 rings (SSSR count). The van der Waals surface area contributed by atoms with Gasteiger partial charge in [0.05, 0.1) is 12.3 Å². The molecule has 7 nitrogen and oxygen atoms in total. The normalized spacial score (nSPS) is 13.8. The van der Waals surface area contributed by atoms with Crippen LogP contribution in [0.25, 0.3) is 11.1 Å². The number of fused-ring (bicyclic) bond motifs is 3. The van der Waals surface area contributed by atoms with Gasteiger partial charge in [-0.2, -0.15) is 0 Å². The molecule has 38 heavy (non-hydrogen) atoms. The molecular weight excluding hydrogens is 480 g/mol. The first-order valence-electron chi connectivity index (χ1n) is 13.0. The van der Waals surface area contributed by atoms with E-state index in [0.717, 1.165) is 27.8 Å². The number of ether oxygens (including phenoxy) is 1. The van der Waals surface area contributed by atoms with Crippen molar-refractivity contribution in [3.63, 3.8) is 0 Å². The molecule has 3 N–H and O–H groups in total. The van der Waals surface area contributed by atoms with Crippen LogP contribution in [0.4, 0.5) is 4.79 Å². The van der Waals surface area contributed by atoms with E-state index >= 15 is 0 Å². The van der Waals surface area contributed by atoms with E-state index in [1.54, 1.807) is 0 Å². The fourth-order valence-corrected chi connectivity index (χ4v) is 5.07. The second-order valence-electron chi connectivity index (χ2n) is 10.1. The number of rotatable bonds is 11. The molecule has 2 amide bonds. The molecule has 0 spiro atoms. The van der Waals surface area contributed by atoms with Gasteiger partial charge in [-0.3, -0.25) is 9.59 Å². The van der Waals surface area contributed by atoms with E-state index in [1.807, 2.05) is 68.4 Å². The predicted molar refractivity (Wildman–Crippen MR) is 146 cm³/mol. The highest BCUT2D eigenvalue weighted by molar-refractivity contribution is 5.81. The molecule has 2 atom stereocenters. The summed E-state index contributed by atoms with van der Waals surface area (Å²) in [7, 11) is 0. The number of benzene rings is 3. The van der Waals surface area contributed by atoms with Crippen molar-refractivity contribution in [2.24, 2.45) is 11.8 Å². The van der Waals surface area contributed by atoms with Crippen LogP contribution in [0.5, 0.6) is 0 Å². The van der Waals surface area contributed by atoms with E-state index in [2.05, 4.69) is 34.9 Å². The third-order valence-corrected chi connectivity index (χ3v) is 7.04. The van der Waals surface area contributed by atoms with Crippen LogP contribution in [0, 0.1) is 11.8 Å². The van der Waals surface area contributed by atoms with Gasteiger partial charge >= 0.3 is 12.1 Å². The van der Waals surface area contributed by atoms with Crippen molar-refractivity contribution < 1.29 is 24.2 Å². The largest absolute Gasteiger partial charge is 0.481 e. The van der Waals surface area contributed by atoms with Crippen molar-refractivity contribution in [2.75, 3.05) is 13.2 Å². The van der Waals surface area contributed by atoms with Crippen molar-refractivity contribution in [2.45, 2.75) is 38.6 Å². The number of carbonyl (C=O) groups excluding carboxylic acids is 2. The minimum absolute atomic E-state index is 0.0490. The molecule has 1 aliphatic rings. The van der Waals surface area contributed by atoms with Crippen LogP contribution in [-0.2, 0) is 20.7 Å². The lowest BCUT2D eigenvalue weighted by Gasteiger charge is -2.24. The number of nitrogens with one attached hydrogen (secondary N) is 2. The number of aliphatic carboxylic acids is 1. The summed E-state index contributed by atoms with van der Waals surface area (Å²) in [6, 6.07) is 25.1. The Bertz CT molecular complexity index is 1230. The Morgan fingerprint density at radius 3 is 2.03 bits per heavy atom. The first-order valence-corrected chi connectivity index (χ1v) is 13.0. The molecule has 0 aliphatic heterocycles. The van der Waals surface area contributed by atoms with Crippen LogP contribution in [0.15, 0.2) is 78.9 Å². The van der Waals surface area contributed by atoms with Gasteiger partial charge in [0.1, 0.15) is 6.61 Å². The molecule has 0 saturated carbocycles. The molecule has 0 heterocycles. The molecule has 3 aromatic rings. The zero-order chi connectivity index (χ0) is 27.1. The fourth-order valence-electron chi connectivity index (χ4n) is 5.07. The Labute approximate surface area is 223 Å². The van der Waals surface area contributed by atoms with Gasteiger partial charge in [-0.1, -0.05) is 92.7 Å². The molecule has 7 heteroatoms. The lowest BCUT2D eigenvalue weighted by atomic mass is 9.93. The molecule has 0 unspecified atom stereocenters. The number of alkyl carbamates (subject to hydrolysis) is 1. The average molecular weight is 515 g/mol. The molecule has 0 radical (unpaired) electrons. The summed E-state index contributed by atoms with van der Waals surface area (Å²) in [5, 5.41) is 15.0. The number of hydrogen-bond donors (Lipinski definition) is 3. The predicted octanol–water partition coefficient (Wildman–Crippen LogP) is 5.00. The number of hydrogen-bond acceptors (Lipinski definition) is 4. The maximum atomic E-state index is 13.1. The minimum atomic E-state index is -0.982. The van der Waals surface area contributed by atoms with E-state index in [9.17, 15) is 19.5 Å². The smallest absolute Gasteiger partial charge is 0.407 e. The Morgan fingerprint density at radius 2 is 1.45 bits per heavy atom. The molecule has 0 fully saturated rings. The topological polar surface area (TPSA) is 105 Å². The van der Waals surface area contributed by atoms with Crippen LogP contribution in [0.1, 0.15) is 42.9 Å². The van der Waals surface area contributed by atoms with Crippen LogP contribution in [0.2, 0.25) is 0 Å². The summed E-state index contributed by atoms with van der Waals surface area (Å²) >= 11 is 0. The SMILES string of the molecule is CC(C)[C@@H](CNC(=O)OCC1c2ccccc2-c2ccccc21)C(=O)N[C@H](CC(=O)O)Cc1ccccc1. The highest BCUT2D eigenvalue weighted by Crippen LogP contribution is 2.44. The zero-order valence-electron chi connectivity index (χ0n) is 21.7. The Kier molecular flexibility index (Phi) is 8.79. The number of carbonyl (C=O) groups is 3. The first-order chi connectivity index (χ1) is 18.3. The van der Waals surface area contributed by atoms with Crippen molar-refractivity contribution in [3.8, 4) is 11.1 Å². The van der Waals surface area contributed by atoms with Crippen molar-refractivity contribution >= 4 is 18.0 Å². The van der Waals surface area contributed by atoms with E-state index in [0.29, 0.717) is 6.42 Å². The minimum Gasteiger partial charge on any atom is -0.481 e. The molecule has 0 bridgehead atoms. The monoisotopic (exact) mass is 514 g/mol. The average Bonchev–Trinajstić information content (AvgIpc) is 3.21. The summed E-state index contributed by atoms with van der Waals surface area (Å²) in [5.41, 5.74) is 5.50.